The number of thiocarbonyl (C=S) groups is 1. The highest BCUT2D eigenvalue weighted by atomic mass is 32.1. The number of hydrogen-bond donors (Lipinski definition) is 1. The van der Waals surface area contributed by atoms with Crippen LogP contribution < -0.4 is 0 Å². The second-order valence-electron chi connectivity index (χ2n) is 2.53. The minimum Gasteiger partial charge on any atom is -0.357 e. The Bertz CT molecular complexity index is 174. The Kier molecular flexibility index (Phi) is 7.22. The summed E-state index contributed by atoms with van der Waals surface area (Å²) in [5.74, 6) is 0. The van der Waals surface area contributed by atoms with Crippen molar-refractivity contribution in [1.29, 1.82) is 5.26 Å². The summed E-state index contributed by atoms with van der Waals surface area (Å²) in [5.41, 5.74) is 0. The van der Waals surface area contributed by atoms with E-state index in [1.165, 1.54) is 0 Å². The van der Waals surface area contributed by atoms with Crippen LogP contribution in [-0.4, -0.2) is 22.3 Å². The Morgan fingerprint density at radius 1 is 1.58 bits per heavy atom. The first-order chi connectivity index (χ1) is 5.72. The van der Waals surface area contributed by atoms with Crippen LogP contribution in [0.15, 0.2) is 0 Å². The van der Waals surface area contributed by atoms with Gasteiger partial charge in [0.1, 0.15) is 4.32 Å². The molecule has 0 atom stereocenters. The van der Waals surface area contributed by atoms with Crippen molar-refractivity contribution in [3.63, 3.8) is 0 Å². The summed E-state index contributed by atoms with van der Waals surface area (Å²) in [6.07, 6.45) is 2.76. The van der Waals surface area contributed by atoms with Crippen LogP contribution >= 0.6 is 24.8 Å². The Balaban J connectivity index is 3.72. The van der Waals surface area contributed by atoms with E-state index >= 15 is 0 Å². The fourth-order valence-electron chi connectivity index (χ4n) is 0.837. The molecule has 4 heteroatoms. The predicted molar refractivity (Wildman–Crippen MR) is 58.3 cm³/mol. The van der Waals surface area contributed by atoms with E-state index in [0.29, 0.717) is 17.3 Å². The van der Waals surface area contributed by atoms with Crippen LogP contribution in [0.25, 0.3) is 0 Å². The van der Waals surface area contributed by atoms with Gasteiger partial charge in [-0.05, 0) is 6.42 Å². The molecular weight excluding hydrogens is 188 g/mol. The summed E-state index contributed by atoms with van der Waals surface area (Å²) in [5, 5.41) is 8.38. The van der Waals surface area contributed by atoms with Crippen LogP contribution in [0.5, 0.6) is 0 Å². The molecule has 0 unspecified atom stereocenters. The van der Waals surface area contributed by atoms with E-state index < -0.39 is 0 Å². The van der Waals surface area contributed by atoms with Crippen molar-refractivity contribution in [2.75, 3.05) is 13.1 Å². The second kappa shape index (κ2) is 7.38. The van der Waals surface area contributed by atoms with Gasteiger partial charge in [0.15, 0.2) is 0 Å². The summed E-state index contributed by atoms with van der Waals surface area (Å²) in [4.78, 5) is 1.96. The van der Waals surface area contributed by atoms with Gasteiger partial charge in [0.05, 0.1) is 12.5 Å². The highest BCUT2D eigenvalue weighted by Gasteiger charge is 2.03. The molecule has 0 aliphatic rings. The van der Waals surface area contributed by atoms with E-state index in [4.69, 9.17) is 17.5 Å². The molecule has 0 aromatic rings. The summed E-state index contributed by atoms with van der Waals surface area (Å²) >= 11 is 9.01. The zero-order valence-corrected chi connectivity index (χ0v) is 9.00. The lowest BCUT2D eigenvalue weighted by Crippen LogP contribution is -2.28. The van der Waals surface area contributed by atoms with Crippen molar-refractivity contribution >= 4 is 29.2 Å². The lowest BCUT2D eigenvalue weighted by atomic mass is 10.3. The molecule has 0 aliphatic carbocycles. The largest absolute Gasteiger partial charge is 0.357 e. The van der Waals surface area contributed by atoms with Crippen LogP contribution in [0.4, 0.5) is 0 Å². The molecule has 0 aromatic heterocycles. The summed E-state index contributed by atoms with van der Waals surface area (Å²) in [6.45, 7) is 3.75. The number of unbranched alkanes of at least 4 members (excludes halogenated alkanes) is 1. The Hall–Kier alpha value is -0.270. The van der Waals surface area contributed by atoms with Crippen molar-refractivity contribution in [1.82, 2.24) is 4.90 Å². The van der Waals surface area contributed by atoms with Gasteiger partial charge in [-0.1, -0.05) is 25.6 Å². The van der Waals surface area contributed by atoms with E-state index in [1.54, 1.807) is 0 Å². The van der Waals surface area contributed by atoms with Crippen molar-refractivity contribution < 1.29 is 0 Å². The van der Waals surface area contributed by atoms with Gasteiger partial charge in [0.2, 0.25) is 0 Å². The molecule has 0 saturated heterocycles. The van der Waals surface area contributed by atoms with Gasteiger partial charge in [-0.25, -0.2) is 0 Å². The van der Waals surface area contributed by atoms with Crippen molar-refractivity contribution in [2.45, 2.75) is 26.2 Å². The number of rotatable bonds is 5. The standard InChI is InChI=1S/C8H14N2S2/c1-2-3-6-10(8(11)12)7-4-5-9/h2-4,6-7H2,1H3,(H,11,12). The van der Waals surface area contributed by atoms with E-state index in [0.717, 1.165) is 19.4 Å². The van der Waals surface area contributed by atoms with E-state index in [-0.39, 0.29) is 0 Å². The second-order valence-corrected chi connectivity index (χ2v) is 3.64. The van der Waals surface area contributed by atoms with E-state index in [9.17, 15) is 0 Å². The van der Waals surface area contributed by atoms with Gasteiger partial charge in [-0.15, -0.1) is 12.6 Å². The van der Waals surface area contributed by atoms with E-state index in [1.807, 2.05) is 4.90 Å². The molecule has 0 bridgehead atoms. The molecular formula is C8H14N2S2. The van der Waals surface area contributed by atoms with Crippen LogP contribution in [0.2, 0.25) is 0 Å². The van der Waals surface area contributed by atoms with Gasteiger partial charge in [-0.2, -0.15) is 5.26 Å². The quantitative estimate of drug-likeness (QED) is 0.547. The summed E-state index contributed by atoms with van der Waals surface area (Å²) < 4.78 is 0.596. The van der Waals surface area contributed by atoms with Crippen LogP contribution in [0.3, 0.4) is 0 Å². The maximum absolute atomic E-state index is 8.38. The number of hydrogen-bond acceptors (Lipinski definition) is 2. The van der Waals surface area contributed by atoms with Crippen molar-refractivity contribution in [3.8, 4) is 6.07 Å². The Morgan fingerprint density at radius 2 is 2.25 bits per heavy atom. The monoisotopic (exact) mass is 202 g/mol. The lowest BCUT2D eigenvalue weighted by Gasteiger charge is -2.20. The first-order valence-corrected chi connectivity index (χ1v) is 4.92. The fourth-order valence-corrected chi connectivity index (χ4v) is 1.22. The fraction of sp³-hybridized carbons (Fsp3) is 0.750. The highest BCUT2D eigenvalue weighted by molar-refractivity contribution is 8.10. The lowest BCUT2D eigenvalue weighted by molar-refractivity contribution is 0.430. The third-order valence-electron chi connectivity index (χ3n) is 1.55. The molecule has 68 valence electrons. The maximum Gasteiger partial charge on any atom is 0.133 e. The zero-order chi connectivity index (χ0) is 9.40. The van der Waals surface area contributed by atoms with Gasteiger partial charge in [-0.3, -0.25) is 0 Å². The van der Waals surface area contributed by atoms with E-state index in [2.05, 4.69) is 25.6 Å². The third kappa shape index (κ3) is 5.39. The van der Waals surface area contributed by atoms with Gasteiger partial charge >= 0.3 is 0 Å². The predicted octanol–water partition coefficient (Wildman–Crippen LogP) is 2.22. The van der Waals surface area contributed by atoms with Crippen LogP contribution in [0, 0.1) is 11.3 Å². The number of nitriles is 1. The highest BCUT2D eigenvalue weighted by Crippen LogP contribution is 2.01. The topological polar surface area (TPSA) is 27.0 Å². The van der Waals surface area contributed by atoms with Gasteiger partial charge in [0.25, 0.3) is 0 Å². The molecule has 0 fully saturated rings. The Morgan fingerprint density at radius 3 is 2.67 bits per heavy atom. The molecule has 0 N–H and O–H groups in total. The van der Waals surface area contributed by atoms with Crippen molar-refractivity contribution in [3.05, 3.63) is 0 Å². The van der Waals surface area contributed by atoms with Gasteiger partial charge < -0.3 is 4.90 Å². The van der Waals surface area contributed by atoms with Crippen LogP contribution in [0.1, 0.15) is 26.2 Å². The molecule has 12 heavy (non-hydrogen) atoms. The first-order valence-electron chi connectivity index (χ1n) is 4.07. The molecule has 0 aromatic carbocycles. The molecule has 0 heterocycles. The van der Waals surface area contributed by atoms with Crippen molar-refractivity contribution in [2.24, 2.45) is 0 Å². The first kappa shape index (κ1) is 11.7. The average molecular weight is 202 g/mol. The molecule has 0 spiro atoms. The Labute approximate surface area is 85.0 Å². The smallest absolute Gasteiger partial charge is 0.133 e. The van der Waals surface area contributed by atoms with Crippen LogP contribution in [-0.2, 0) is 0 Å². The molecule has 0 aliphatic heterocycles. The maximum atomic E-state index is 8.38. The normalized spacial score (nSPS) is 9.08. The zero-order valence-electron chi connectivity index (χ0n) is 7.29. The number of thiol groups is 1. The van der Waals surface area contributed by atoms with Gasteiger partial charge in [0, 0.05) is 13.1 Å². The minimum atomic E-state index is 0.518. The third-order valence-corrected chi connectivity index (χ3v) is 2.09. The number of nitrogens with zero attached hydrogens (tertiary/aromatic N) is 2. The molecule has 0 saturated carbocycles. The summed E-state index contributed by atoms with van der Waals surface area (Å²) in [6, 6.07) is 2.09. The average Bonchev–Trinajstić information content (AvgIpc) is 2.04. The molecule has 0 rings (SSSR count). The molecule has 2 nitrogen and oxygen atoms in total. The molecule has 0 amide bonds. The molecule has 0 radical (unpaired) electrons. The summed E-state index contributed by atoms with van der Waals surface area (Å²) in [7, 11) is 0. The SMILES string of the molecule is CCCCN(CCC#N)C(=S)S. The minimum absolute atomic E-state index is 0.518.